The van der Waals surface area contributed by atoms with Crippen LogP contribution in [0.15, 0.2) is 0 Å². The summed E-state index contributed by atoms with van der Waals surface area (Å²) < 4.78 is 0. The van der Waals surface area contributed by atoms with Crippen molar-refractivity contribution < 1.29 is 0 Å². The Kier molecular flexibility index (Phi) is 7.24. The first-order chi connectivity index (χ1) is 5.35. The molecular formula is C10H19N. The molecule has 0 aliphatic carbocycles. The first kappa shape index (κ1) is 10.5. The van der Waals surface area contributed by atoms with E-state index in [1.54, 1.807) is 0 Å². The van der Waals surface area contributed by atoms with Crippen molar-refractivity contribution in [2.24, 2.45) is 5.92 Å². The van der Waals surface area contributed by atoms with Crippen LogP contribution in [0.3, 0.4) is 0 Å². The molecule has 0 aromatic carbocycles. The van der Waals surface area contributed by atoms with E-state index in [9.17, 15) is 0 Å². The van der Waals surface area contributed by atoms with Crippen LogP contribution in [0.25, 0.3) is 0 Å². The van der Waals surface area contributed by atoms with E-state index >= 15 is 0 Å². The number of rotatable bonds is 6. The molecule has 0 spiro atoms. The molecule has 0 N–H and O–H groups in total. The van der Waals surface area contributed by atoms with Crippen LogP contribution in [0, 0.1) is 17.2 Å². The second kappa shape index (κ2) is 7.60. The van der Waals surface area contributed by atoms with Crippen LogP contribution in [0.4, 0.5) is 0 Å². The van der Waals surface area contributed by atoms with Gasteiger partial charge in [-0.25, -0.2) is 0 Å². The van der Waals surface area contributed by atoms with Crippen LogP contribution in [0.2, 0.25) is 0 Å². The van der Waals surface area contributed by atoms with Crippen molar-refractivity contribution in [3.05, 3.63) is 0 Å². The van der Waals surface area contributed by atoms with Crippen molar-refractivity contribution >= 4 is 0 Å². The third kappa shape index (κ3) is 5.91. The van der Waals surface area contributed by atoms with Gasteiger partial charge in [-0.3, -0.25) is 0 Å². The second-order valence-electron chi connectivity index (χ2n) is 3.11. The third-order valence-corrected chi connectivity index (χ3v) is 1.98. The Morgan fingerprint density at radius 1 is 1.09 bits per heavy atom. The molecule has 0 rings (SSSR count). The highest BCUT2D eigenvalue weighted by Crippen LogP contribution is 2.13. The zero-order chi connectivity index (χ0) is 8.53. The van der Waals surface area contributed by atoms with E-state index in [0.29, 0.717) is 5.92 Å². The molecule has 0 heterocycles. The van der Waals surface area contributed by atoms with E-state index < -0.39 is 0 Å². The lowest BCUT2D eigenvalue weighted by molar-refractivity contribution is 0.511. The van der Waals surface area contributed by atoms with Gasteiger partial charge in [0.1, 0.15) is 0 Å². The predicted molar refractivity (Wildman–Crippen MR) is 48.2 cm³/mol. The van der Waals surface area contributed by atoms with Crippen molar-refractivity contribution in [1.82, 2.24) is 0 Å². The summed E-state index contributed by atoms with van der Waals surface area (Å²) in [6.45, 7) is 4.34. The maximum atomic E-state index is 8.71. The molecule has 1 atom stereocenters. The van der Waals surface area contributed by atoms with Gasteiger partial charge < -0.3 is 0 Å². The van der Waals surface area contributed by atoms with Crippen molar-refractivity contribution in [3.63, 3.8) is 0 Å². The number of hydrogen-bond donors (Lipinski definition) is 0. The molecule has 0 radical (unpaired) electrons. The molecule has 0 saturated carbocycles. The van der Waals surface area contributed by atoms with Gasteiger partial charge in [0.2, 0.25) is 0 Å². The van der Waals surface area contributed by atoms with Crippen molar-refractivity contribution in [2.45, 2.75) is 52.4 Å². The van der Waals surface area contributed by atoms with Crippen molar-refractivity contribution in [2.75, 3.05) is 0 Å². The van der Waals surface area contributed by atoms with E-state index in [2.05, 4.69) is 19.9 Å². The number of nitriles is 1. The highest BCUT2D eigenvalue weighted by atomic mass is 14.3. The maximum absolute atomic E-state index is 8.71. The molecule has 1 unspecified atom stereocenters. The normalized spacial score (nSPS) is 12.5. The van der Waals surface area contributed by atoms with E-state index in [0.717, 1.165) is 19.3 Å². The summed E-state index contributed by atoms with van der Waals surface area (Å²) in [5.41, 5.74) is 0. The molecule has 0 aliphatic rings. The van der Waals surface area contributed by atoms with E-state index in [1.165, 1.54) is 19.3 Å². The summed E-state index contributed by atoms with van der Waals surface area (Å²) in [7, 11) is 0. The third-order valence-electron chi connectivity index (χ3n) is 1.98. The molecule has 0 saturated heterocycles. The Bertz CT molecular complexity index is 113. The average Bonchev–Trinajstić information content (AvgIpc) is 2.03. The van der Waals surface area contributed by atoms with Crippen molar-refractivity contribution in [1.29, 1.82) is 5.26 Å². The number of nitrogens with zero attached hydrogens (tertiary/aromatic N) is 1. The Balaban J connectivity index is 3.30. The van der Waals surface area contributed by atoms with Gasteiger partial charge >= 0.3 is 0 Å². The number of hydrogen-bond acceptors (Lipinski definition) is 1. The highest BCUT2D eigenvalue weighted by Gasteiger charge is 2.03. The Morgan fingerprint density at radius 3 is 2.27 bits per heavy atom. The van der Waals surface area contributed by atoms with Gasteiger partial charge in [-0.15, -0.1) is 0 Å². The maximum Gasteiger partial charge on any atom is 0.0655 e. The highest BCUT2D eigenvalue weighted by molar-refractivity contribution is 4.81. The van der Waals surface area contributed by atoms with Crippen LogP contribution in [0.5, 0.6) is 0 Å². The molecule has 0 fully saturated rings. The largest absolute Gasteiger partial charge is 0.198 e. The van der Waals surface area contributed by atoms with Crippen molar-refractivity contribution in [3.8, 4) is 6.07 Å². The molecule has 0 aromatic heterocycles. The lowest BCUT2D eigenvalue weighted by atomic mass is 9.98. The summed E-state index contributed by atoms with van der Waals surface area (Å²) in [5.74, 6) is 0.326. The standard InChI is InChI=1S/C10H19N/c1-3-5-6-8-10(9-11)7-4-2/h10H,3-8H2,1-2H3. The fourth-order valence-electron chi connectivity index (χ4n) is 1.26. The van der Waals surface area contributed by atoms with E-state index in [-0.39, 0.29) is 0 Å². The Labute approximate surface area is 70.4 Å². The SMILES string of the molecule is CCCCCC(C#N)CCC. The van der Waals surface area contributed by atoms with Gasteiger partial charge in [0.05, 0.1) is 6.07 Å². The lowest BCUT2D eigenvalue weighted by Gasteiger charge is -2.05. The van der Waals surface area contributed by atoms with Gasteiger partial charge in [0.25, 0.3) is 0 Å². The topological polar surface area (TPSA) is 23.8 Å². The van der Waals surface area contributed by atoms with Gasteiger partial charge in [-0.2, -0.15) is 5.26 Å². The summed E-state index contributed by atoms with van der Waals surface area (Å²) in [6, 6.07) is 2.36. The van der Waals surface area contributed by atoms with E-state index in [1.807, 2.05) is 0 Å². The Hall–Kier alpha value is -0.510. The van der Waals surface area contributed by atoms with Gasteiger partial charge in [0, 0.05) is 5.92 Å². The summed E-state index contributed by atoms with van der Waals surface area (Å²) >= 11 is 0. The molecule has 0 bridgehead atoms. The van der Waals surface area contributed by atoms with Crippen LogP contribution in [0.1, 0.15) is 52.4 Å². The molecular weight excluding hydrogens is 134 g/mol. The van der Waals surface area contributed by atoms with Crippen LogP contribution < -0.4 is 0 Å². The van der Waals surface area contributed by atoms with Gasteiger partial charge in [0.15, 0.2) is 0 Å². The zero-order valence-corrected chi connectivity index (χ0v) is 7.77. The molecule has 64 valence electrons. The summed E-state index contributed by atoms with van der Waals surface area (Å²) in [5, 5.41) is 8.71. The fourth-order valence-corrected chi connectivity index (χ4v) is 1.26. The summed E-state index contributed by atoms with van der Waals surface area (Å²) in [6.07, 6.45) is 7.10. The zero-order valence-electron chi connectivity index (χ0n) is 7.77. The first-order valence-electron chi connectivity index (χ1n) is 4.74. The molecule has 0 aliphatic heterocycles. The predicted octanol–water partition coefficient (Wildman–Crippen LogP) is 3.51. The minimum atomic E-state index is 0.326. The minimum absolute atomic E-state index is 0.326. The van der Waals surface area contributed by atoms with Crippen LogP contribution in [-0.2, 0) is 0 Å². The van der Waals surface area contributed by atoms with Crippen LogP contribution in [-0.4, -0.2) is 0 Å². The quantitative estimate of drug-likeness (QED) is 0.536. The average molecular weight is 153 g/mol. The monoisotopic (exact) mass is 153 g/mol. The molecule has 1 heteroatoms. The minimum Gasteiger partial charge on any atom is -0.198 e. The fraction of sp³-hybridized carbons (Fsp3) is 0.900. The summed E-state index contributed by atoms with van der Waals surface area (Å²) in [4.78, 5) is 0. The lowest BCUT2D eigenvalue weighted by Crippen LogP contribution is -1.95. The second-order valence-corrected chi connectivity index (χ2v) is 3.11. The smallest absolute Gasteiger partial charge is 0.0655 e. The molecule has 1 nitrogen and oxygen atoms in total. The van der Waals surface area contributed by atoms with Crippen LogP contribution >= 0.6 is 0 Å². The van der Waals surface area contributed by atoms with Gasteiger partial charge in [-0.05, 0) is 12.8 Å². The van der Waals surface area contributed by atoms with Gasteiger partial charge in [-0.1, -0.05) is 39.5 Å². The van der Waals surface area contributed by atoms with E-state index in [4.69, 9.17) is 5.26 Å². The Morgan fingerprint density at radius 2 is 1.82 bits per heavy atom. The molecule has 0 amide bonds. The molecule has 0 aromatic rings. The first-order valence-corrected chi connectivity index (χ1v) is 4.74. The molecule has 11 heavy (non-hydrogen) atoms. The number of unbranched alkanes of at least 4 members (excludes halogenated alkanes) is 2.